The number of urea groups is 1. The molecule has 6 nitrogen and oxygen atoms in total. The number of primary amides is 1. The topological polar surface area (TPSA) is 110 Å². The average Bonchev–Trinajstić information content (AvgIpc) is 2.36. The van der Waals surface area contributed by atoms with Gasteiger partial charge >= 0.3 is 6.03 Å². The third-order valence-corrected chi connectivity index (χ3v) is 2.96. The Morgan fingerprint density at radius 2 is 1.80 bits per heavy atom. The van der Waals surface area contributed by atoms with Crippen molar-refractivity contribution in [3.63, 3.8) is 0 Å². The van der Waals surface area contributed by atoms with Crippen LogP contribution in [0.3, 0.4) is 0 Å². The first-order valence-corrected chi connectivity index (χ1v) is 6.17. The molecule has 0 aliphatic heterocycles. The smallest absolute Gasteiger partial charge is 0.316 e. The summed E-state index contributed by atoms with van der Waals surface area (Å²) in [6.07, 6.45) is 0.831. The molecule has 1 aromatic rings. The minimum Gasteiger partial charge on any atom is -0.351 e. The molecule has 0 fully saturated rings. The summed E-state index contributed by atoms with van der Waals surface area (Å²) in [5, 5.41) is 5.15. The highest BCUT2D eigenvalue weighted by Crippen LogP contribution is 2.16. The van der Waals surface area contributed by atoms with Gasteiger partial charge in [-0.3, -0.25) is 4.79 Å². The number of hydrogen-bond donors (Lipinski definition) is 4. The molecule has 0 saturated carbocycles. The van der Waals surface area contributed by atoms with Gasteiger partial charge in [0.05, 0.1) is 6.04 Å². The number of carbonyl (C=O) groups is 2. The number of halogens is 1. The third-order valence-electron chi connectivity index (χ3n) is 2.96. The minimum atomic E-state index is -0.653. The van der Waals surface area contributed by atoms with Gasteiger partial charge in [-0.2, -0.15) is 0 Å². The van der Waals surface area contributed by atoms with E-state index < -0.39 is 12.1 Å². The van der Waals surface area contributed by atoms with E-state index in [9.17, 15) is 9.59 Å². The Hall–Kier alpha value is -1.79. The Morgan fingerprint density at radius 3 is 2.30 bits per heavy atom. The number of hydrogen-bond acceptors (Lipinski definition) is 3. The van der Waals surface area contributed by atoms with E-state index in [2.05, 4.69) is 10.6 Å². The summed E-state index contributed by atoms with van der Waals surface area (Å²) in [5.74, 6) is -0.141. The normalized spacial score (nSPS) is 12.8. The van der Waals surface area contributed by atoms with Crippen molar-refractivity contribution >= 4 is 35.7 Å². The van der Waals surface area contributed by atoms with Crippen LogP contribution in [0.15, 0.2) is 24.3 Å². The Kier molecular flexibility index (Phi) is 7.64. The lowest BCUT2D eigenvalue weighted by atomic mass is 9.99. The highest BCUT2D eigenvalue weighted by atomic mass is 35.5. The van der Waals surface area contributed by atoms with Gasteiger partial charge in [-0.1, -0.05) is 26.3 Å². The van der Waals surface area contributed by atoms with E-state index in [0.29, 0.717) is 11.4 Å². The van der Waals surface area contributed by atoms with E-state index in [4.69, 9.17) is 11.5 Å². The standard InChI is InChI=1S/C13H20N4O2.ClH/c1-3-8(2)11(14)12(18)16-9-5-4-6-10(7-9)17-13(15)19;/h4-8,11H,3,14H2,1-2H3,(H,16,18)(H3,15,17,19);1H. The molecule has 20 heavy (non-hydrogen) atoms. The molecule has 0 aliphatic rings. The van der Waals surface area contributed by atoms with Crippen LogP contribution >= 0.6 is 12.4 Å². The van der Waals surface area contributed by atoms with E-state index in [1.807, 2.05) is 13.8 Å². The van der Waals surface area contributed by atoms with Crippen LogP contribution in [-0.2, 0) is 4.79 Å². The van der Waals surface area contributed by atoms with Crippen LogP contribution < -0.4 is 22.1 Å². The second-order valence-electron chi connectivity index (χ2n) is 4.47. The monoisotopic (exact) mass is 300 g/mol. The number of carbonyl (C=O) groups excluding carboxylic acids is 2. The lowest BCUT2D eigenvalue weighted by molar-refractivity contribution is -0.118. The van der Waals surface area contributed by atoms with Crippen LogP contribution in [0.25, 0.3) is 0 Å². The zero-order chi connectivity index (χ0) is 14.4. The second-order valence-corrected chi connectivity index (χ2v) is 4.47. The Morgan fingerprint density at radius 1 is 1.25 bits per heavy atom. The van der Waals surface area contributed by atoms with Crippen LogP contribution in [0.2, 0.25) is 0 Å². The summed E-state index contributed by atoms with van der Waals surface area (Å²) in [4.78, 5) is 22.6. The fourth-order valence-electron chi connectivity index (χ4n) is 1.55. The van der Waals surface area contributed by atoms with Crippen LogP contribution in [0, 0.1) is 5.92 Å². The summed E-state index contributed by atoms with van der Waals surface area (Å²) in [5.41, 5.74) is 11.9. The van der Waals surface area contributed by atoms with Crippen molar-refractivity contribution in [2.24, 2.45) is 17.4 Å². The van der Waals surface area contributed by atoms with Crippen molar-refractivity contribution in [2.75, 3.05) is 10.6 Å². The quantitative estimate of drug-likeness (QED) is 0.666. The molecular formula is C13H21ClN4O2. The molecule has 0 radical (unpaired) electrons. The van der Waals surface area contributed by atoms with Gasteiger partial charge in [-0.25, -0.2) is 4.79 Å². The van der Waals surface area contributed by atoms with Crippen LogP contribution in [0.4, 0.5) is 16.2 Å². The highest BCUT2D eigenvalue weighted by Gasteiger charge is 2.19. The molecule has 112 valence electrons. The minimum absolute atomic E-state index is 0. The molecule has 2 unspecified atom stereocenters. The highest BCUT2D eigenvalue weighted by molar-refractivity contribution is 5.96. The Labute approximate surface area is 124 Å². The summed E-state index contributed by atoms with van der Waals surface area (Å²) in [6, 6.07) is 5.50. The van der Waals surface area contributed by atoms with Gasteiger partial charge in [0.1, 0.15) is 0 Å². The summed E-state index contributed by atoms with van der Waals surface area (Å²) >= 11 is 0. The predicted octanol–water partition coefficient (Wildman–Crippen LogP) is 1.91. The predicted molar refractivity (Wildman–Crippen MR) is 83.0 cm³/mol. The molecule has 6 N–H and O–H groups in total. The maximum atomic E-state index is 11.9. The van der Waals surface area contributed by atoms with Gasteiger partial charge in [-0.05, 0) is 24.1 Å². The molecule has 0 spiro atoms. The van der Waals surface area contributed by atoms with Crippen molar-refractivity contribution < 1.29 is 9.59 Å². The van der Waals surface area contributed by atoms with Crippen molar-refractivity contribution in [1.29, 1.82) is 0 Å². The molecule has 1 rings (SSSR count). The molecule has 0 saturated heterocycles. The Balaban J connectivity index is 0.00000361. The second kappa shape index (κ2) is 8.39. The van der Waals surface area contributed by atoms with Gasteiger partial charge in [0.25, 0.3) is 0 Å². The number of nitrogens with one attached hydrogen (secondary N) is 2. The average molecular weight is 301 g/mol. The molecular weight excluding hydrogens is 280 g/mol. The number of rotatable bonds is 5. The lowest BCUT2D eigenvalue weighted by Crippen LogP contribution is -2.40. The first-order chi connectivity index (χ1) is 8.93. The van der Waals surface area contributed by atoms with Crippen molar-refractivity contribution in [3.8, 4) is 0 Å². The summed E-state index contributed by atoms with van der Waals surface area (Å²) in [7, 11) is 0. The van der Waals surface area contributed by atoms with E-state index in [1.54, 1.807) is 24.3 Å². The van der Waals surface area contributed by atoms with Crippen molar-refractivity contribution in [2.45, 2.75) is 26.3 Å². The van der Waals surface area contributed by atoms with Gasteiger partial charge in [0.2, 0.25) is 5.91 Å². The van der Waals surface area contributed by atoms with E-state index >= 15 is 0 Å². The van der Waals surface area contributed by atoms with Gasteiger partial charge in [0.15, 0.2) is 0 Å². The van der Waals surface area contributed by atoms with Crippen molar-refractivity contribution in [1.82, 2.24) is 0 Å². The number of anilines is 2. The molecule has 1 aromatic carbocycles. The summed E-state index contributed by atoms with van der Waals surface area (Å²) < 4.78 is 0. The molecule has 0 aliphatic carbocycles. The molecule has 7 heteroatoms. The lowest BCUT2D eigenvalue weighted by Gasteiger charge is -2.18. The van der Waals surface area contributed by atoms with Crippen LogP contribution in [-0.4, -0.2) is 18.0 Å². The number of amides is 3. The first kappa shape index (κ1) is 18.2. The van der Waals surface area contributed by atoms with E-state index in [-0.39, 0.29) is 24.2 Å². The molecule has 3 amide bonds. The zero-order valence-corrected chi connectivity index (χ0v) is 12.4. The largest absolute Gasteiger partial charge is 0.351 e. The van der Waals surface area contributed by atoms with Crippen LogP contribution in [0.5, 0.6) is 0 Å². The fourth-order valence-corrected chi connectivity index (χ4v) is 1.55. The third kappa shape index (κ3) is 5.46. The fraction of sp³-hybridized carbons (Fsp3) is 0.385. The van der Waals surface area contributed by atoms with Gasteiger partial charge in [-0.15, -0.1) is 12.4 Å². The first-order valence-electron chi connectivity index (χ1n) is 6.17. The molecule has 0 aromatic heterocycles. The van der Waals surface area contributed by atoms with Gasteiger partial charge in [0, 0.05) is 11.4 Å². The molecule has 0 heterocycles. The number of benzene rings is 1. The maximum Gasteiger partial charge on any atom is 0.316 e. The Bertz CT molecular complexity index is 467. The molecule has 0 bridgehead atoms. The summed E-state index contributed by atoms with van der Waals surface area (Å²) in [6.45, 7) is 3.91. The van der Waals surface area contributed by atoms with E-state index in [0.717, 1.165) is 6.42 Å². The molecule has 2 atom stereocenters. The van der Waals surface area contributed by atoms with Crippen LogP contribution in [0.1, 0.15) is 20.3 Å². The number of nitrogens with two attached hydrogens (primary N) is 2. The maximum absolute atomic E-state index is 11.9. The zero-order valence-electron chi connectivity index (χ0n) is 11.6. The van der Waals surface area contributed by atoms with E-state index in [1.165, 1.54) is 0 Å². The van der Waals surface area contributed by atoms with Gasteiger partial charge < -0.3 is 22.1 Å². The van der Waals surface area contributed by atoms with Crippen molar-refractivity contribution in [3.05, 3.63) is 24.3 Å². The SMILES string of the molecule is CCC(C)C(N)C(=O)Nc1cccc(NC(N)=O)c1.Cl.